The molecule has 0 saturated heterocycles. The predicted octanol–water partition coefficient (Wildman–Crippen LogP) is 5.02. The number of hydrogen-bond donors (Lipinski definition) is 0. The van der Waals surface area contributed by atoms with Crippen molar-refractivity contribution in [3.63, 3.8) is 0 Å². The smallest absolute Gasteiger partial charge is 0.227 e. The van der Waals surface area contributed by atoms with Crippen molar-refractivity contribution in [1.82, 2.24) is 4.90 Å². The van der Waals surface area contributed by atoms with Gasteiger partial charge < -0.3 is 4.90 Å². The van der Waals surface area contributed by atoms with Crippen molar-refractivity contribution in [1.29, 1.82) is 0 Å². The quantitative estimate of drug-likeness (QED) is 0.482. The number of hydrogen-bond acceptors (Lipinski definition) is 1. The van der Waals surface area contributed by atoms with Gasteiger partial charge in [-0.3, -0.25) is 4.79 Å². The summed E-state index contributed by atoms with van der Waals surface area (Å²) >= 11 is 0. The molecule has 0 aliphatic carbocycles. The van der Waals surface area contributed by atoms with Crippen LogP contribution >= 0.6 is 0 Å². The molecule has 0 aromatic rings. The Labute approximate surface area is 120 Å². The van der Waals surface area contributed by atoms with Crippen LogP contribution in [0.2, 0.25) is 0 Å². The van der Waals surface area contributed by atoms with E-state index in [0.29, 0.717) is 5.91 Å². The van der Waals surface area contributed by atoms with Crippen LogP contribution in [0.25, 0.3) is 0 Å². The Kier molecular flexibility index (Phi) is 9.99. The van der Waals surface area contributed by atoms with Crippen molar-refractivity contribution in [2.45, 2.75) is 85.0 Å². The molecule has 2 heteroatoms. The molecule has 0 bridgehead atoms. The summed E-state index contributed by atoms with van der Waals surface area (Å²) < 4.78 is 0. The summed E-state index contributed by atoms with van der Waals surface area (Å²) in [5, 5.41) is 0. The molecule has 2 nitrogen and oxygen atoms in total. The molecule has 0 fully saturated rings. The molecule has 114 valence electrons. The van der Waals surface area contributed by atoms with Crippen molar-refractivity contribution < 1.29 is 4.79 Å². The summed E-state index contributed by atoms with van der Waals surface area (Å²) in [7, 11) is 3.78. The van der Waals surface area contributed by atoms with E-state index in [1.165, 1.54) is 51.4 Å². The van der Waals surface area contributed by atoms with E-state index in [9.17, 15) is 4.79 Å². The van der Waals surface area contributed by atoms with Crippen molar-refractivity contribution >= 4 is 5.91 Å². The topological polar surface area (TPSA) is 20.3 Å². The minimum atomic E-state index is -0.134. The molecule has 0 N–H and O–H groups in total. The van der Waals surface area contributed by atoms with Crippen molar-refractivity contribution in [2.24, 2.45) is 5.41 Å². The summed E-state index contributed by atoms with van der Waals surface area (Å²) in [4.78, 5) is 14.2. The zero-order valence-corrected chi connectivity index (χ0v) is 13.9. The van der Waals surface area contributed by atoms with Crippen LogP contribution in [-0.4, -0.2) is 24.9 Å². The van der Waals surface area contributed by atoms with E-state index < -0.39 is 0 Å². The monoisotopic (exact) mass is 269 g/mol. The van der Waals surface area contributed by atoms with Gasteiger partial charge in [0, 0.05) is 19.5 Å². The van der Waals surface area contributed by atoms with Gasteiger partial charge in [-0.15, -0.1) is 0 Å². The largest absolute Gasteiger partial charge is 0.348 e. The third-order valence-corrected chi connectivity index (χ3v) is 4.09. The van der Waals surface area contributed by atoms with Crippen LogP contribution in [0, 0.1) is 5.41 Å². The van der Waals surface area contributed by atoms with E-state index in [1.54, 1.807) is 4.90 Å². The fraction of sp³-hybridized carbons (Fsp3) is 0.941. The summed E-state index contributed by atoms with van der Waals surface area (Å²) in [6.07, 6.45) is 12.1. The second kappa shape index (κ2) is 10.3. The molecule has 0 aromatic carbocycles. The van der Waals surface area contributed by atoms with Gasteiger partial charge in [0.1, 0.15) is 0 Å². The SMILES string of the molecule is CCCCCCC(C)(CCCCCC)C(=O)N(C)C. The zero-order valence-electron chi connectivity index (χ0n) is 13.9. The highest BCUT2D eigenvalue weighted by Gasteiger charge is 2.33. The predicted molar refractivity (Wildman–Crippen MR) is 84.3 cm³/mol. The average molecular weight is 269 g/mol. The zero-order chi connectivity index (χ0) is 14.7. The Morgan fingerprint density at radius 3 is 1.58 bits per heavy atom. The lowest BCUT2D eigenvalue weighted by molar-refractivity contribution is -0.139. The first kappa shape index (κ1) is 18.5. The van der Waals surface area contributed by atoms with Crippen LogP contribution in [0.1, 0.15) is 85.0 Å². The minimum Gasteiger partial charge on any atom is -0.348 e. The number of carbonyl (C=O) groups excluding carboxylic acids is 1. The van der Waals surface area contributed by atoms with Gasteiger partial charge in [-0.2, -0.15) is 0 Å². The number of rotatable bonds is 11. The first-order chi connectivity index (χ1) is 8.98. The molecule has 0 aliphatic heterocycles. The van der Waals surface area contributed by atoms with Crippen molar-refractivity contribution in [2.75, 3.05) is 14.1 Å². The number of carbonyl (C=O) groups is 1. The average Bonchev–Trinajstić information content (AvgIpc) is 2.39. The lowest BCUT2D eigenvalue weighted by Gasteiger charge is -2.31. The molecule has 0 aliphatic rings. The third-order valence-electron chi connectivity index (χ3n) is 4.09. The third kappa shape index (κ3) is 7.59. The second-order valence-electron chi connectivity index (χ2n) is 6.38. The van der Waals surface area contributed by atoms with Crippen LogP contribution in [0.3, 0.4) is 0 Å². The Bertz CT molecular complexity index is 223. The maximum absolute atomic E-state index is 12.4. The molecule has 0 radical (unpaired) electrons. The molecule has 0 aromatic heterocycles. The molecule has 19 heavy (non-hydrogen) atoms. The van der Waals surface area contributed by atoms with Gasteiger partial charge in [0.2, 0.25) is 5.91 Å². The van der Waals surface area contributed by atoms with Gasteiger partial charge >= 0.3 is 0 Å². The lowest BCUT2D eigenvalue weighted by atomic mass is 9.78. The van der Waals surface area contributed by atoms with E-state index in [-0.39, 0.29) is 5.41 Å². The van der Waals surface area contributed by atoms with Crippen molar-refractivity contribution in [3.05, 3.63) is 0 Å². The normalized spacial score (nSPS) is 11.6. The van der Waals surface area contributed by atoms with Crippen LogP contribution in [0.15, 0.2) is 0 Å². The summed E-state index contributed by atoms with van der Waals surface area (Å²) in [5.74, 6) is 0.320. The number of amides is 1. The van der Waals surface area contributed by atoms with Gasteiger partial charge in [0.05, 0.1) is 0 Å². The number of unbranched alkanes of at least 4 members (excludes halogenated alkanes) is 6. The minimum absolute atomic E-state index is 0.134. The summed E-state index contributed by atoms with van der Waals surface area (Å²) in [6.45, 7) is 6.64. The second-order valence-corrected chi connectivity index (χ2v) is 6.38. The molecule has 0 spiro atoms. The highest BCUT2D eigenvalue weighted by Crippen LogP contribution is 2.33. The molecule has 0 heterocycles. The Morgan fingerprint density at radius 1 is 0.842 bits per heavy atom. The highest BCUT2D eigenvalue weighted by atomic mass is 16.2. The van der Waals surface area contributed by atoms with E-state index in [1.807, 2.05) is 14.1 Å². The molecular weight excluding hydrogens is 234 g/mol. The summed E-state index contributed by atoms with van der Waals surface area (Å²) in [5.41, 5.74) is -0.134. The fourth-order valence-electron chi connectivity index (χ4n) is 2.76. The molecule has 0 rings (SSSR count). The fourth-order valence-corrected chi connectivity index (χ4v) is 2.76. The lowest BCUT2D eigenvalue weighted by Crippen LogP contribution is -2.38. The molecule has 1 amide bonds. The van der Waals surface area contributed by atoms with Gasteiger partial charge in [0.25, 0.3) is 0 Å². The van der Waals surface area contributed by atoms with Gasteiger partial charge in [0.15, 0.2) is 0 Å². The Balaban J connectivity index is 4.32. The van der Waals surface area contributed by atoms with E-state index in [0.717, 1.165) is 12.8 Å². The van der Waals surface area contributed by atoms with Gasteiger partial charge in [-0.1, -0.05) is 72.1 Å². The summed E-state index contributed by atoms with van der Waals surface area (Å²) in [6, 6.07) is 0. The molecule has 0 atom stereocenters. The maximum Gasteiger partial charge on any atom is 0.227 e. The van der Waals surface area contributed by atoms with E-state index in [4.69, 9.17) is 0 Å². The van der Waals surface area contributed by atoms with Gasteiger partial charge in [-0.25, -0.2) is 0 Å². The standard InChI is InChI=1S/C17H35NO/c1-6-8-10-12-14-17(3,16(19)18(4)5)15-13-11-9-7-2/h6-15H2,1-5H3. The van der Waals surface area contributed by atoms with Crippen LogP contribution in [0.4, 0.5) is 0 Å². The van der Waals surface area contributed by atoms with Crippen LogP contribution < -0.4 is 0 Å². The van der Waals surface area contributed by atoms with Crippen LogP contribution in [0.5, 0.6) is 0 Å². The Morgan fingerprint density at radius 2 is 1.26 bits per heavy atom. The molecular formula is C17H35NO. The van der Waals surface area contributed by atoms with Crippen LogP contribution in [-0.2, 0) is 4.79 Å². The first-order valence-corrected chi connectivity index (χ1v) is 8.19. The van der Waals surface area contributed by atoms with E-state index in [2.05, 4.69) is 20.8 Å². The van der Waals surface area contributed by atoms with Gasteiger partial charge in [-0.05, 0) is 12.8 Å². The molecule has 0 saturated carbocycles. The Hall–Kier alpha value is -0.530. The maximum atomic E-state index is 12.4. The highest BCUT2D eigenvalue weighted by molar-refractivity contribution is 5.81. The van der Waals surface area contributed by atoms with E-state index >= 15 is 0 Å². The number of nitrogens with zero attached hydrogens (tertiary/aromatic N) is 1. The molecule has 0 unspecified atom stereocenters. The first-order valence-electron chi connectivity index (χ1n) is 8.19. The van der Waals surface area contributed by atoms with Crippen molar-refractivity contribution in [3.8, 4) is 0 Å².